The lowest BCUT2D eigenvalue weighted by molar-refractivity contribution is -0.145. The fourth-order valence-electron chi connectivity index (χ4n) is 2.69. The van der Waals surface area contributed by atoms with E-state index in [1.54, 1.807) is 31.6 Å². The summed E-state index contributed by atoms with van der Waals surface area (Å²) in [7, 11) is 1.61. The topological polar surface area (TPSA) is 69.9 Å². The van der Waals surface area contributed by atoms with Gasteiger partial charge >= 0.3 is 0 Å². The maximum atomic E-state index is 12.8. The summed E-state index contributed by atoms with van der Waals surface area (Å²) in [5.41, 5.74) is -0.931. The summed E-state index contributed by atoms with van der Waals surface area (Å²) in [5.74, 6) is 1.92. The monoisotopic (exact) mass is 331 g/mol. The van der Waals surface area contributed by atoms with Gasteiger partial charge < -0.3 is 23.9 Å². The van der Waals surface area contributed by atoms with Gasteiger partial charge in [0.05, 0.1) is 33.1 Å². The highest BCUT2D eigenvalue weighted by atomic mass is 16.5. The molecule has 24 heavy (non-hydrogen) atoms. The molecule has 1 aliphatic heterocycles. The van der Waals surface area contributed by atoms with Crippen molar-refractivity contribution in [2.24, 2.45) is 0 Å². The molecule has 0 atom stereocenters. The van der Waals surface area contributed by atoms with Gasteiger partial charge in [-0.05, 0) is 36.4 Å². The summed E-state index contributed by atoms with van der Waals surface area (Å²) in [5, 5.41) is 2.90. The van der Waals surface area contributed by atoms with Crippen LogP contribution in [-0.2, 0) is 16.1 Å². The maximum Gasteiger partial charge on any atom is 0.264 e. The number of methoxy groups -OCH3 is 1. The van der Waals surface area contributed by atoms with E-state index >= 15 is 0 Å². The standard InChI is InChI=1S/C18H21NO5/c1-21-14-4-6-15(7-5-14)24-18(8-11-22-12-9-18)17(20)19-13-16-3-2-10-23-16/h2-7,10H,8-9,11-13H2,1H3,(H,19,20). The first kappa shape index (κ1) is 16.4. The number of amides is 1. The second kappa shape index (κ2) is 7.40. The molecule has 0 bridgehead atoms. The van der Waals surface area contributed by atoms with Crippen LogP contribution in [0.5, 0.6) is 11.5 Å². The van der Waals surface area contributed by atoms with Gasteiger partial charge in [0.15, 0.2) is 5.60 Å². The number of hydrogen-bond acceptors (Lipinski definition) is 5. The van der Waals surface area contributed by atoms with Crippen LogP contribution in [0.4, 0.5) is 0 Å². The van der Waals surface area contributed by atoms with Crippen molar-refractivity contribution in [3.8, 4) is 11.5 Å². The molecule has 6 nitrogen and oxygen atoms in total. The molecule has 1 amide bonds. The Kier molecular flexibility index (Phi) is 5.05. The zero-order valence-corrected chi connectivity index (χ0v) is 13.6. The number of ether oxygens (including phenoxy) is 3. The van der Waals surface area contributed by atoms with Crippen molar-refractivity contribution < 1.29 is 23.4 Å². The third-order valence-electron chi connectivity index (χ3n) is 4.09. The van der Waals surface area contributed by atoms with Crippen LogP contribution in [0.25, 0.3) is 0 Å². The highest BCUT2D eigenvalue weighted by Gasteiger charge is 2.42. The van der Waals surface area contributed by atoms with E-state index in [1.807, 2.05) is 18.2 Å². The Morgan fingerprint density at radius 1 is 1.17 bits per heavy atom. The second-order valence-electron chi connectivity index (χ2n) is 5.65. The highest BCUT2D eigenvalue weighted by molar-refractivity contribution is 5.85. The van der Waals surface area contributed by atoms with Crippen molar-refractivity contribution in [3.05, 3.63) is 48.4 Å². The molecule has 2 aromatic rings. The molecule has 1 N–H and O–H groups in total. The molecule has 2 heterocycles. The quantitative estimate of drug-likeness (QED) is 0.881. The molecule has 0 radical (unpaired) electrons. The van der Waals surface area contributed by atoms with Crippen molar-refractivity contribution >= 4 is 5.91 Å². The first-order chi connectivity index (χ1) is 11.7. The molecule has 6 heteroatoms. The van der Waals surface area contributed by atoms with Crippen molar-refractivity contribution in [1.29, 1.82) is 0 Å². The summed E-state index contributed by atoms with van der Waals surface area (Å²) in [6.07, 6.45) is 2.59. The summed E-state index contributed by atoms with van der Waals surface area (Å²) < 4.78 is 21.9. The number of hydrogen-bond donors (Lipinski definition) is 1. The van der Waals surface area contributed by atoms with Crippen molar-refractivity contribution in [1.82, 2.24) is 5.32 Å². The Morgan fingerprint density at radius 3 is 2.50 bits per heavy atom. The molecule has 0 spiro atoms. The Hall–Kier alpha value is -2.47. The van der Waals surface area contributed by atoms with E-state index in [2.05, 4.69) is 5.32 Å². The number of rotatable bonds is 6. The first-order valence-electron chi connectivity index (χ1n) is 7.93. The number of carbonyl (C=O) groups excluding carboxylic acids is 1. The molecule has 0 saturated carbocycles. The van der Waals surface area contributed by atoms with Gasteiger partial charge in [-0.15, -0.1) is 0 Å². The normalized spacial score (nSPS) is 16.4. The van der Waals surface area contributed by atoms with E-state index in [1.165, 1.54) is 0 Å². The lowest BCUT2D eigenvalue weighted by Crippen LogP contribution is -2.54. The fourth-order valence-corrected chi connectivity index (χ4v) is 2.69. The third kappa shape index (κ3) is 3.71. The second-order valence-corrected chi connectivity index (χ2v) is 5.65. The van der Waals surface area contributed by atoms with E-state index in [9.17, 15) is 4.79 Å². The van der Waals surface area contributed by atoms with Crippen LogP contribution in [0.15, 0.2) is 47.1 Å². The van der Waals surface area contributed by atoms with Gasteiger partial charge in [0.2, 0.25) is 0 Å². The molecular weight excluding hydrogens is 310 g/mol. The zero-order valence-electron chi connectivity index (χ0n) is 13.6. The van der Waals surface area contributed by atoms with Crippen molar-refractivity contribution in [2.75, 3.05) is 20.3 Å². The lowest BCUT2D eigenvalue weighted by Gasteiger charge is -2.36. The van der Waals surface area contributed by atoms with Gasteiger partial charge in [0, 0.05) is 12.8 Å². The van der Waals surface area contributed by atoms with E-state index < -0.39 is 5.60 Å². The summed E-state index contributed by atoms with van der Waals surface area (Å²) in [6, 6.07) is 10.8. The Bertz CT molecular complexity index is 645. The van der Waals surface area contributed by atoms with Gasteiger partial charge in [-0.3, -0.25) is 4.79 Å². The lowest BCUT2D eigenvalue weighted by atomic mass is 9.92. The minimum absolute atomic E-state index is 0.155. The van der Waals surface area contributed by atoms with Gasteiger partial charge in [-0.1, -0.05) is 0 Å². The van der Waals surface area contributed by atoms with Crippen molar-refractivity contribution in [2.45, 2.75) is 25.0 Å². The minimum Gasteiger partial charge on any atom is -0.497 e. The van der Waals surface area contributed by atoms with E-state index in [4.69, 9.17) is 18.6 Å². The third-order valence-corrected chi connectivity index (χ3v) is 4.09. The Morgan fingerprint density at radius 2 is 1.88 bits per heavy atom. The smallest absolute Gasteiger partial charge is 0.264 e. The van der Waals surface area contributed by atoms with E-state index in [-0.39, 0.29) is 5.91 Å². The minimum atomic E-state index is -0.931. The molecule has 0 aliphatic carbocycles. The van der Waals surface area contributed by atoms with E-state index in [0.717, 1.165) is 5.75 Å². The van der Waals surface area contributed by atoms with Crippen LogP contribution in [0.3, 0.4) is 0 Å². The predicted molar refractivity (Wildman–Crippen MR) is 87.0 cm³/mol. The van der Waals surface area contributed by atoms with Crippen LogP contribution in [-0.4, -0.2) is 31.8 Å². The number of furan rings is 1. The molecular formula is C18H21NO5. The number of nitrogens with one attached hydrogen (secondary N) is 1. The average molecular weight is 331 g/mol. The summed E-state index contributed by atoms with van der Waals surface area (Å²) >= 11 is 0. The van der Waals surface area contributed by atoms with Crippen LogP contribution in [0.2, 0.25) is 0 Å². The molecule has 0 unspecified atom stereocenters. The Balaban J connectivity index is 1.71. The van der Waals surface area contributed by atoms with Crippen LogP contribution in [0.1, 0.15) is 18.6 Å². The van der Waals surface area contributed by atoms with Gasteiger partial charge in [0.25, 0.3) is 5.91 Å². The highest BCUT2D eigenvalue weighted by Crippen LogP contribution is 2.29. The molecule has 1 aromatic heterocycles. The molecule has 128 valence electrons. The first-order valence-corrected chi connectivity index (χ1v) is 7.93. The largest absolute Gasteiger partial charge is 0.497 e. The van der Waals surface area contributed by atoms with Gasteiger partial charge in [-0.25, -0.2) is 0 Å². The molecule has 1 fully saturated rings. The van der Waals surface area contributed by atoms with Gasteiger partial charge in [0.1, 0.15) is 17.3 Å². The Labute approximate surface area is 140 Å². The van der Waals surface area contributed by atoms with Crippen LogP contribution >= 0.6 is 0 Å². The zero-order chi connectivity index (χ0) is 16.8. The number of carbonyl (C=O) groups is 1. The molecule has 1 saturated heterocycles. The predicted octanol–water partition coefficient (Wildman–Crippen LogP) is 2.53. The van der Waals surface area contributed by atoms with Crippen molar-refractivity contribution in [3.63, 3.8) is 0 Å². The average Bonchev–Trinajstić information content (AvgIpc) is 3.14. The SMILES string of the molecule is COc1ccc(OC2(C(=O)NCc3ccco3)CCOCC2)cc1. The molecule has 3 rings (SSSR count). The van der Waals surface area contributed by atoms with Crippen LogP contribution < -0.4 is 14.8 Å². The molecule has 1 aliphatic rings. The fraction of sp³-hybridized carbons (Fsp3) is 0.389. The maximum absolute atomic E-state index is 12.8. The summed E-state index contributed by atoms with van der Waals surface area (Å²) in [4.78, 5) is 12.8. The molecule has 1 aromatic carbocycles. The van der Waals surface area contributed by atoms with Gasteiger partial charge in [-0.2, -0.15) is 0 Å². The van der Waals surface area contributed by atoms with E-state index in [0.29, 0.717) is 44.1 Å². The van der Waals surface area contributed by atoms with Crippen LogP contribution in [0, 0.1) is 0 Å². The number of benzene rings is 1. The summed E-state index contributed by atoms with van der Waals surface area (Å²) in [6.45, 7) is 1.31.